The van der Waals surface area contributed by atoms with Crippen LogP contribution in [0.3, 0.4) is 0 Å². The summed E-state index contributed by atoms with van der Waals surface area (Å²) in [6.07, 6.45) is 5.28. The highest BCUT2D eigenvalue weighted by atomic mass is 16.2. The smallest absolute Gasteiger partial charge is 0.316 e. The molecule has 1 aliphatic heterocycles. The van der Waals surface area contributed by atoms with Crippen molar-refractivity contribution in [2.24, 2.45) is 0 Å². The zero-order valence-corrected chi connectivity index (χ0v) is 18.6. The Morgan fingerprint density at radius 3 is 2.63 bits per heavy atom. The van der Waals surface area contributed by atoms with Crippen molar-refractivity contribution in [2.75, 3.05) is 5.32 Å². The summed E-state index contributed by atoms with van der Waals surface area (Å²) in [7, 11) is 0. The number of nitrogens with zero attached hydrogens (tertiary/aromatic N) is 4. The van der Waals surface area contributed by atoms with Gasteiger partial charge in [-0.25, -0.2) is 9.89 Å². The molecule has 0 unspecified atom stereocenters. The van der Waals surface area contributed by atoms with E-state index in [1.165, 1.54) is 0 Å². The lowest BCUT2D eigenvalue weighted by atomic mass is 10.0. The van der Waals surface area contributed by atoms with E-state index in [1.54, 1.807) is 29.6 Å². The molecule has 0 aliphatic carbocycles. The maximum Gasteiger partial charge on any atom is 0.322 e. The topological polar surface area (TPSA) is 104 Å². The Morgan fingerprint density at radius 2 is 1.77 bits per heavy atom. The maximum absolute atomic E-state index is 12.7. The lowest BCUT2D eigenvalue weighted by Gasteiger charge is -2.16. The molecule has 0 atom stereocenters. The summed E-state index contributed by atoms with van der Waals surface area (Å²) in [4.78, 5) is 35.6. The standard InChI is InChI=1S/C27H20N6O2/c34-26-23(21-3-1-5-24-22(21)4-2-11-29-24)13-25(31-32-26)17-6-8-20(9-7-17)30-27(35)33-15-18-10-12-28-14-19(18)16-33/h1-14H,15-16H2,(H,30,35)(H,32,34). The van der Waals surface area contributed by atoms with Gasteiger partial charge < -0.3 is 10.2 Å². The number of aromatic nitrogens is 4. The number of amides is 2. The number of fused-ring (bicyclic) bond motifs is 2. The number of rotatable bonds is 3. The Bertz CT molecular complexity index is 1600. The van der Waals surface area contributed by atoms with Crippen LogP contribution in [-0.2, 0) is 13.1 Å². The van der Waals surface area contributed by atoms with Crippen molar-refractivity contribution in [1.82, 2.24) is 25.1 Å². The number of hydrogen-bond donors (Lipinski definition) is 2. The maximum atomic E-state index is 12.7. The second-order valence-corrected chi connectivity index (χ2v) is 8.38. The third kappa shape index (κ3) is 3.91. The number of urea groups is 1. The van der Waals surface area contributed by atoms with Crippen LogP contribution in [0.25, 0.3) is 33.3 Å². The third-order valence-electron chi connectivity index (χ3n) is 6.19. The molecule has 0 fully saturated rings. The van der Waals surface area contributed by atoms with E-state index in [0.717, 1.165) is 33.2 Å². The number of carbonyl (C=O) groups excluding carboxylic acids is 1. The van der Waals surface area contributed by atoms with Crippen molar-refractivity contribution in [3.63, 3.8) is 0 Å². The first kappa shape index (κ1) is 20.7. The molecule has 4 heterocycles. The minimum Gasteiger partial charge on any atom is -0.316 e. The van der Waals surface area contributed by atoms with Gasteiger partial charge in [-0.15, -0.1) is 0 Å². The van der Waals surface area contributed by atoms with E-state index < -0.39 is 0 Å². The molecule has 35 heavy (non-hydrogen) atoms. The van der Waals surface area contributed by atoms with Gasteiger partial charge in [-0.3, -0.25) is 14.8 Å². The molecule has 170 valence electrons. The molecule has 2 aromatic carbocycles. The summed E-state index contributed by atoms with van der Waals surface area (Å²) in [5.41, 5.74) is 6.18. The molecular formula is C27H20N6O2. The lowest BCUT2D eigenvalue weighted by molar-refractivity contribution is 0.212. The molecule has 8 heteroatoms. The lowest BCUT2D eigenvalue weighted by Crippen LogP contribution is -2.30. The first-order valence-electron chi connectivity index (χ1n) is 11.2. The Balaban J connectivity index is 1.24. The molecular weight excluding hydrogens is 440 g/mol. The average Bonchev–Trinajstić information content (AvgIpc) is 3.34. The van der Waals surface area contributed by atoms with Gasteiger partial charge in [0.1, 0.15) is 0 Å². The Morgan fingerprint density at radius 1 is 0.914 bits per heavy atom. The Hall–Kier alpha value is -4.85. The number of aromatic amines is 1. The van der Waals surface area contributed by atoms with Crippen LogP contribution in [0.2, 0.25) is 0 Å². The number of H-pyrrole nitrogens is 1. The van der Waals surface area contributed by atoms with Crippen molar-refractivity contribution < 1.29 is 4.79 Å². The van der Waals surface area contributed by atoms with Gasteiger partial charge in [-0.1, -0.05) is 30.3 Å². The molecule has 3 aromatic heterocycles. The Labute approximate surface area is 200 Å². The molecule has 6 rings (SSSR count). The first-order chi connectivity index (χ1) is 17.2. The molecule has 0 radical (unpaired) electrons. The first-order valence-corrected chi connectivity index (χ1v) is 11.2. The summed E-state index contributed by atoms with van der Waals surface area (Å²) >= 11 is 0. The van der Waals surface area contributed by atoms with E-state index in [1.807, 2.05) is 60.7 Å². The largest absolute Gasteiger partial charge is 0.322 e. The summed E-state index contributed by atoms with van der Waals surface area (Å²) in [6, 6.07) is 20.5. The van der Waals surface area contributed by atoms with Gasteiger partial charge in [0.05, 0.1) is 16.8 Å². The van der Waals surface area contributed by atoms with Crippen LogP contribution in [0.5, 0.6) is 0 Å². The van der Waals surface area contributed by atoms with Gasteiger partial charge in [0.15, 0.2) is 0 Å². The van der Waals surface area contributed by atoms with Crippen LogP contribution in [0.1, 0.15) is 11.1 Å². The third-order valence-corrected chi connectivity index (χ3v) is 6.19. The summed E-state index contributed by atoms with van der Waals surface area (Å²) in [6.45, 7) is 1.11. The van der Waals surface area contributed by atoms with Crippen LogP contribution in [-0.4, -0.2) is 31.1 Å². The molecule has 0 bridgehead atoms. The predicted octanol–water partition coefficient (Wildman–Crippen LogP) is 4.59. The van der Waals surface area contributed by atoms with E-state index in [2.05, 4.69) is 25.5 Å². The molecule has 1 aliphatic rings. The van der Waals surface area contributed by atoms with E-state index in [4.69, 9.17) is 0 Å². The van der Waals surface area contributed by atoms with E-state index >= 15 is 0 Å². The minimum atomic E-state index is -0.268. The van der Waals surface area contributed by atoms with Crippen molar-refractivity contribution >= 4 is 22.6 Å². The second-order valence-electron chi connectivity index (χ2n) is 8.38. The van der Waals surface area contributed by atoms with Crippen LogP contribution < -0.4 is 10.9 Å². The van der Waals surface area contributed by atoms with Gasteiger partial charge in [-0.05, 0) is 53.1 Å². The minimum absolute atomic E-state index is 0.164. The van der Waals surface area contributed by atoms with E-state index in [-0.39, 0.29) is 11.6 Å². The fourth-order valence-electron chi connectivity index (χ4n) is 4.38. The van der Waals surface area contributed by atoms with Gasteiger partial charge in [0.25, 0.3) is 5.56 Å². The molecule has 0 saturated heterocycles. The number of benzene rings is 2. The molecule has 0 spiro atoms. The van der Waals surface area contributed by atoms with Gasteiger partial charge in [0.2, 0.25) is 0 Å². The van der Waals surface area contributed by atoms with Crippen molar-refractivity contribution in [3.05, 3.63) is 107 Å². The highest BCUT2D eigenvalue weighted by Gasteiger charge is 2.23. The number of nitrogens with one attached hydrogen (secondary N) is 2. The number of anilines is 1. The molecule has 0 saturated carbocycles. The molecule has 2 amide bonds. The predicted molar refractivity (Wildman–Crippen MR) is 134 cm³/mol. The van der Waals surface area contributed by atoms with E-state index in [0.29, 0.717) is 30.0 Å². The van der Waals surface area contributed by atoms with Crippen LogP contribution >= 0.6 is 0 Å². The monoisotopic (exact) mass is 460 g/mol. The van der Waals surface area contributed by atoms with Gasteiger partial charge >= 0.3 is 6.03 Å². The number of pyridine rings is 2. The zero-order valence-electron chi connectivity index (χ0n) is 18.6. The van der Waals surface area contributed by atoms with Crippen molar-refractivity contribution in [3.8, 4) is 22.4 Å². The van der Waals surface area contributed by atoms with Crippen LogP contribution in [0, 0.1) is 0 Å². The molecule has 8 nitrogen and oxygen atoms in total. The molecule has 2 N–H and O–H groups in total. The van der Waals surface area contributed by atoms with Crippen LogP contribution in [0.4, 0.5) is 10.5 Å². The SMILES string of the molecule is O=C(Nc1ccc(-c2cc(-c3cccc4ncccc34)c(=O)[nH]n2)cc1)N1Cc2ccncc2C1. The summed E-state index contributed by atoms with van der Waals surface area (Å²) < 4.78 is 0. The van der Waals surface area contributed by atoms with Crippen molar-refractivity contribution in [2.45, 2.75) is 13.1 Å². The van der Waals surface area contributed by atoms with Crippen LogP contribution in [0.15, 0.2) is 90.1 Å². The highest BCUT2D eigenvalue weighted by Crippen LogP contribution is 2.28. The zero-order chi connectivity index (χ0) is 23.8. The fourth-order valence-corrected chi connectivity index (χ4v) is 4.38. The van der Waals surface area contributed by atoms with Gasteiger partial charge in [0, 0.05) is 48.3 Å². The quantitative estimate of drug-likeness (QED) is 0.410. The summed E-state index contributed by atoms with van der Waals surface area (Å²) in [5, 5.41) is 10.7. The average molecular weight is 460 g/mol. The van der Waals surface area contributed by atoms with Crippen molar-refractivity contribution in [1.29, 1.82) is 0 Å². The number of carbonyl (C=O) groups is 1. The normalized spacial score (nSPS) is 12.5. The summed E-state index contributed by atoms with van der Waals surface area (Å²) in [5.74, 6) is 0. The van der Waals surface area contributed by atoms with Gasteiger partial charge in [-0.2, -0.15) is 5.10 Å². The second kappa shape index (κ2) is 8.49. The fraction of sp³-hybridized carbons (Fsp3) is 0.0741. The van der Waals surface area contributed by atoms with E-state index in [9.17, 15) is 9.59 Å². The Kier molecular flexibility index (Phi) is 5.03. The number of hydrogen-bond acceptors (Lipinski definition) is 5. The highest BCUT2D eigenvalue weighted by molar-refractivity contribution is 5.95. The molecule has 5 aromatic rings.